The topological polar surface area (TPSA) is 59.1 Å². The van der Waals surface area contributed by atoms with Crippen LogP contribution in [0.5, 0.6) is 5.75 Å². The molecule has 8 heteroatoms. The van der Waals surface area contributed by atoms with Crippen LogP contribution in [0.3, 0.4) is 0 Å². The lowest BCUT2D eigenvalue weighted by molar-refractivity contribution is -0.137. The van der Waals surface area contributed by atoms with Gasteiger partial charge in [-0.1, -0.05) is 45.7 Å². The molecular weight excluding hydrogens is 441 g/mol. The summed E-state index contributed by atoms with van der Waals surface area (Å²) in [5.74, 6) is 0.776. The van der Waals surface area contributed by atoms with Crippen molar-refractivity contribution in [1.29, 1.82) is 0 Å². The fourth-order valence-corrected chi connectivity index (χ4v) is 3.24. The van der Waals surface area contributed by atoms with Crippen LogP contribution in [0.4, 0.5) is 36.3 Å². The van der Waals surface area contributed by atoms with Gasteiger partial charge in [0, 0.05) is 17.6 Å². The summed E-state index contributed by atoms with van der Waals surface area (Å²) in [4.78, 5) is 7.99. The molecule has 0 spiro atoms. The predicted molar refractivity (Wildman–Crippen MR) is 130 cm³/mol. The van der Waals surface area contributed by atoms with Crippen LogP contribution < -0.4 is 15.4 Å². The Kier molecular flexibility index (Phi) is 8.73. The Morgan fingerprint density at radius 1 is 0.912 bits per heavy atom. The summed E-state index contributed by atoms with van der Waals surface area (Å²) in [5, 5.41) is 5.76. The highest BCUT2D eigenvalue weighted by Gasteiger charge is 2.35. The summed E-state index contributed by atoms with van der Waals surface area (Å²) in [6, 6.07) is 14.5. The second-order valence-corrected chi connectivity index (χ2v) is 8.59. The largest absolute Gasteiger partial charge is 0.493 e. The van der Waals surface area contributed by atoms with E-state index < -0.39 is 11.7 Å². The SMILES string of the molecule is CCCCCc1ccc(Nc2ncc(C(F)(F)F)c(Nc3ccc(OCC(C)C)cc3)n2)cc1. The summed E-state index contributed by atoms with van der Waals surface area (Å²) in [6.45, 7) is 6.80. The lowest BCUT2D eigenvalue weighted by Crippen LogP contribution is -2.12. The van der Waals surface area contributed by atoms with Crippen molar-refractivity contribution in [1.82, 2.24) is 9.97 Å². The fraction of sp³-hybridized carbons (Fsp3) is 0.385. The predicted octanol–water partition coefficient (Wildman–Crippen LogP) is 7.75. The van der Waals surface area contributed by atoms with Gasteiger partial charge in [-0.2, -0.15) is 18.2 Å². The first kappa shape index (κ1) is 25.3. The fourth-order valence-electron chi connectivity index (χ4n) is 3.24. The number of benzene rings is 2. The molecule has 0 bridgehead atoms. The Bertz CT molecular complexity index is 1040. The van der Waals surface area contributed by atoms with Crippen molar-refractivity contribution in [2.75, 3.05) is 17.2 Å². The van der Waals surface area contributed by atoms with E-state index in [1.54, 1.807) is 24.3 Å². The van der Waals surface area contributed by atoms with Gasteiger partial charge in [0.1, 0.15) is 17.1 Å². The summed E-state index contributed by atoms with van der Waals surface area (Å²) in [5.41, 5.74) is 1.44. The second-order valence-electron chi connectivity index (χ2n) is 8.59. The summed E-state index contributed by atoms with van der Waals surface area (Å²) < 4.78 is 46.3. The molecule has 0 atom stereocenters. The number of nitrogens with zero attached hydrogens (tertiary/aromatic N) is 2. The van der Waals surface area contributed by atoms with Gasteiger partial charge in [-0.3, -0.25) is 0 Å². The minimum Gasteiger partial charge on any atom is -0.493 e. The first-order valence-corrected chi connectivity index (χ1v) is 11.5. The average Bonchev–Trinajstić information content (AvgIpc) is 2.79. The lowest BCUT2D eigenvalue weighted by Gasteiger charge is -2.15. The van der Waals surface area contributed by atoms with Gasteiger partial charge in [-0.25, -0.2) is 4.98 Å². The molecule has 182 valence electrons. The van der Waals surface area contributed by atoms with Gasteiger partial charge in [0.25, 0.3) is 0 Å². The number of unbranched alkanes of at least 4 members (excludes halogenated alkanes) is 2. The van der Waals surface area contributed by atoms with E-state index >= 15 is 0 Å². The Morgan fingerprint density at radius 2 is 1.56 bits per heavy atom. The third-order valence-electron chi connectivity index (χ3n) is 5.07. The molecule has 0 unspecified atom stereocenters. The smallest absolute Gasteiger partial charge is 0.421 e. The van der Waals surface area contributed by atoms with Crippen molar-refractivity contribution in [2.45, 2.75) is 52.6 Å². The van der Waals surface area contributed by atoms with Crippen LogP contribution in [0.25, 0.3) is 0 Å². The number of aryl methyl sites for hydroxylation is 1. The van der Waals surface area contributed by atoms with Crippen molar-refractivity contribution in [3.8, 4) is 5.75 Å². The Labute approximate surface area is 198 Å². The van der Waals surface area contributed by atoms with Crippen LogP contribution in [0.15, 0.2) is 54.7 Å². The summed E-state index contributed by atoms with van der Waals surface area (Å²) in [6.07, 6.45) is 0.670. The molecule has 0 aliphatic rings. The quantitative estimate of drug-likeness (QED) is 0.279. The molecule has 0 radical (unpaired) electrons. The first-order chi connectivity index (χ1) is 16.2. The van der Waals surface area contributed by atoms with Crippen LogP contribution in [0, 0.1) is 5.92 Å². The number of aromatic nitrogens is 2. The van der Waals surface area contributed by atoms with Crippen molar-refractivity contribution in [2.24, 2.45) is 5.92 Å². The zero-order valence-corrected chi connectivity index (χ0v) is 19.7. The molecular formula is C26H31F3N4O. The number of rotatable bonds is 11. The van der Waals surface area contributed by atoms with Gasteiger partial charge in [0.05, 0.1) is 6.61 Å². The molecule has 3 rings (SSSR count). The number of alkyl halides is 3. The van der Waals surface area contributed by atoms with E-state index in [9.17, 15) is 13.2 Å². The van der Waals surface area contributed by atoms with Crippen molar-refractivity contribution < 1.29 is 17.9 Å². The number of anilines is 4. The van der Waals surface area contributed by atoms with Crippen LogP contribution >= 0.6 is 0 Å². The highest BCUT2D eigenvalue weighted by Crippen LogP contribution is 2.35. The molecule has 2 N–H and O–H groups in total. The third kappa shape index (κ3) is 7.64. The number of hydrogen-bond donors (Lipinski definition) is 2. The standard InChI is InChI=1S/C26H31F3N4O/c1-4-5-6-7-19-8-10-21(11-9-19)32-25-30-16-23(26(27,28)29)24(33-25)31-20-12-14-22(15-13-20)34-17-18(2)3/h8-16,18H,4-7,17H2,1-3H3,(H2,30,31,32,33). The lowest BCUT2D eigenvalue weighted by atomic mass is 10.1. The van der Waals surface area contributed by atoms with E-state index in [-0.39, 0.29) is 11.8 Å². The molecule has 0 saturated carbocycles. The average molecular weight is 473 g/mol. The van der Waals surface area contributed by atoms with Gasteiger partial charge >= 0.3 is 6.18 Å². The molecule has 0 fully saturated rings. The molecule has 0 aliphatic heterocycles. The maximum atomic E-state index is 13.6. The second kappa shape index (κ2) is 11.7. The van der Waals surface area contributed by atoms with Gasteiger partial charge in [-0.15, -0.1) is 0 Å². The molecule has 5 nitrogen and oxygen atoms in total. The zero-order valence-electron chi connectivity index (χ0n) is 19.7. The maximum absolute atomic E-state index is 13.6. The van der Waals surface area contributed by atoms with Crippen molar-refractivity contribution in [3.63, 3.8) is 0 Å². The van der Waals surface area contributed by atoms with E-state index in [1.165, 1.54) is 12.0 Å². The molecule has 2 aromatic carbocycles. The van der Waals surface area contributed by atoms with Gasteiger partial charge < -0.3 is 15.4 Å². The first-order valence-electron chi connectivity index (χ1n) is 11.5. The number of nitrogens with one attached hydrogen (secondary N) is 2. The highest BCUT2D eigenvalue weighted by atomic mass is 19.4. The number of hydrogen-bond acceptors (Lipinski definition) is 5. The molecule has 1 heterocycles. The van der Waals surface area contributed by atoms with Crippen LogP contribution in [0.2, 0.25) is 0 Å². The zero-order chi connectivity index (χ0) is 24.6. The van der Waals surface area contributed by atoms with Gasteiger partial charge in [0.15, 0.2) is 0 Å². The van der Waals surface area contributed by atoms with E-state index in [1.807, 2.05) is 38.1 Å². The van der Waals surface area contributed by atoms with E-state index in [2.05, 4.69) is 27.5 Å². The molecule has 34 heavy (non-hydrogen) atoms. The van der Waals surface area contributed by atoms with E-state index in [4.69, 9.17) is 4.74 Å². The van der Waals surface area contributed by atoms with Crippen LogP contribution in [-0.2, 0) is 12.6 Å². The molecule has 1 aromatic heterocycles. The van der Waals surface area contributed by atoms with Gasteiger partial charge in [-0.05, 0) is 60.7 Å². The minimum absolute atomic E-state index is 0.0751. The maximum Gasteiger partial charge on any atom is 0.421 e. The third-order valence-corrected chi connectivity index (χ3v) is 5.07. The highest BCUT2D eigenvalue weighted by molar-refractivity contribution is 5.63. The van der Waals surface area contributed by atoms with E-state index in [0.717, 1.165) is 25.5 Å². The summed E-state index contributed by atoms with van der Waals surface area (Å²) >= 11 is 0. The molecule has 0 amide bonds. The van der Waals surface area contributed by atoms with Crippen LogP contribution in [-0.4, -0.2) is 16.6 Å². The molecule has 0 saturated heterocycles. The minimum atomic E-state index is -4.60. The number of halogens is 3. The monoisotopic (exact) mass is 472 g/mol. The molecule has 3 aromatic rings. The normalized spacial score (nSPS) is 11.5. The van der Waals surface area contributed by atoms with Crippen molar-refractivity contribution in [3.05, 3.63) is 65.9 Å². The Morgan fingerprint density at radius 3 is 2.18 bits per heavy atom. The van der Waals surface area contributed by atoms with E-state index in [0.29, 0.717) is 29.6 Å². The Hall–Kier alpha value is -3.29. The molecule has 0 aliphatic carbocycles. The van der Waals surface area contributed by atoms with Crippen LogP contribution in [0.1, 0.15) is 51.2 Å². The number of ether oxygens (including phenoxy) is 1. The summed E-state index contributed by atoms with van der Waals surface area (Å²) in [7, 11) is 0. The van der Waals surface area contributed by atoms with Crippen molar-refractivity contribution >= 4 is 23.1 Å². The van der Waals surface area contributed by atoms with Gasteiger partial charge in [0.2, 0.25) is 5.95 Å². The Balaban J connectivity index is 1.75.